The highest BCUT2D eigenvalue weighted by Crippen LogP contribution is 2.54. The van der Waals surface area contributed by atoms with Crippen molar-refractivity contribution in [3.63, 3.8) is 0 Å². The number of carbonyl (C=O) groups is 1. The van der Waals surface area contributed by atoms with E-state index in [2.05, 4.69) is 6.92 Å². The van der Waals surface area contributed by atoms with Crippen LogP contribution in [0.2, 0.25) is 0 Å². The molecule has 0 aromatic carbocycles. The van der Waals surface area contributed by atoms with Gasteiger partial charge in [0.1, 0.15) is 5.78 Å². The molecule has 0 heterocycles. The Morgan fingerprint density at radius 1 is 1.33 bits per heavy atom. The van der Waals surface area contributed by atoms with Crippen LogP contribution in [0.15, 0.2) is 0 Å². The number of aliphatic hydroxyl groups excluding tert-OH is 1. The molecule has 3 heteroatoms. The van der Waals surface area contributed by atoms with Crippen LogP contribution in [0.1, 0.15) is 53.4 Å². The molecule has 3 nitrogen and oxygen atoms in total. The predicted molar refractivity (Wildman–Crippen MR) is 70.0 cm³/mol. The average molecular weight is 254 g/mol. The highest BCUT2D eigenvalue weighted by Gasteiger charge is 2.53. The van der Waals surface area contributed by atoms with Crippen LogP contribution in [0.4, 0.5) is 0 Å². The van der Waals surface area contributed by atoms with E-state index in [4.69, 9.17) is 0 Å². The van der Waals surface area contributed by atoms with Crippen LogP contribution in [0.25, 0.3) is 0 Å². The molecule has 2 aliphatic carbocycles. The second-order valence-corrected chi connectivity index (χ2v) is 7.21. The van der Waals surface area contributed by atoms with Gasteiger partial charge in [-0.3, -0.25) is 4.79 Å². The zero-order valence-corrected chi connectivity index (χ0v) is 11.9. The van der Waals surface area contributed by atoms with Crippen LogP contribution in [-0.2, 0) is 4.79 Å². The van der Waals surface area contributed by atoms with Crippen molar-refractivity contribution in [1.82, 2.24) is 0 Å². The molecule has 104 valence electrons. The Kier molecular flexibility index (Phi) is 3.35. The number of Topliss-reactive ketones (excluding diaryl/α,β-unsaturated/α-hetero) is 1. The van der Waals surface area contributed by atoms with E-state index in [1.54, 1.807) is 0 Å². The minimum Gasteiger partial charge on any atom is -0.393 e. The van der Waals surface area contributed by atoms with Gasteiger partial charge in [-0.1, -0.05) is 13.8 Å². The number of hydrogen-bond donors (Lipinski definition) is 2. The van der Waals surface area contributed by atoms with Gasteiger partial charge in [0.15, 0.2) is 0 Å². The molecule has 2 aliphatic rings. The molecule has 0 amide bonds. The molecule has 2 fully saturated rings. The van der Waals surface area contributed by atoms with Crippen molar-refractivity contribution >= 4 is 5.78 Å². The summed E-state index contributed by atoms with van der Waals surface area (Å²) in [5.41, 5.74) is -0.919. The molecule has 5 atom stereocenters. The molecule has 0 aromatic rings. The van der Waals surface area contributed by atoms with Gasteiger partial charge in [-0.15, -0.1) is 0 Å². The van der Waals surface area contributed by atoms with Crippen molar-refractivity contribution in [1.29, 1.82) is 0 Å². The Morgan fingerprint density at radius 2 is 1.94 bits per heavy atom. The molecule has 0 aromatic heterocycles. The Morgan fingerprint density at radius 3 is 2.50 bits per heavy atom. The van der Waals surface area contributed by atoms with Crippen LogP contribution in [-0.4, -0.2) is 27.7 Å². The third kappa shape index (κ3) is 2.12. The van der Waals surface area contributed by atoms with E-state index >= 15 is 0 Å². The normalized spacial score (nSPS) is 45.8. The minimum absolute atomic E-state index is 0.0172. The fourth-order valence-corrected chi connectivity index (χ4v) is 4.01. The lowest BCUT2D eigenvalue weighted by Crippen LogP contribution is -2.55. The van der Waals surface area contributed by atoms with E-state index in [0.29, 0.717) is 18.6 Å². The zero-order chi connectivity index (χ0) is 13.7. The Bertz CT molecular complexity index is 344. The summed E-state index contributed by atoms with van der Waals surface area (Å²) in [6.07, 6.45) is 2.49. The highest BCUT2D eigenvalue weighted by molar-refractivity contribution is 5.82. The maximum absolute atomic E-state index is 11.9. The Labute approximate surface area is 110 Å². The van der Waals surface area contributed by atoms with Crippen molar-refractivity contribution in [3.8, 4) is 0 Å². The first-order valence-corrected chi connectivity index (χ1v) is 7.09. The lowest BCUT2D eigenvalue weighted by molar-refractivity contribution is -0.155. The minimum atomic E-state index is -0.775. The van der Waals surface area contributed by atoms with E-state index in [1.807, 2.05) is 20.8 Å². The van der Waals surface area contributed by atoms with Crippen molar-refractivity contribution in [2.75, 3.05) is 0 Å². The molecule has 2 rings (SSSR count). The summed E-state index contributed by atoms with van der Waals surface area (Å²) in [4.78, 5) is 11.9. The summed E-state index contributed by atoms with van der Waals surface area (Å²) in [6, 6.07) is 0. The first-order valence-electron chi connectivity index (χ1n) is 7.09. The van der Waals surface area contributed by atoms with Crippen molar-refractivity contribution in [2.45, 2.75) is 65.1 Å². The van der Waals surface area contributed by atoms with Gasteiger partial charge in [0.25, 0.3) is 0 Å². The molecule has 5 unspecified atom stereocenters. The number of fused-ring (bicyclic) bond motifs is 1. The quantitative estimate of drug-likeness (QED) is 0.754. The van der Waals surface area contributed by atoms with Gasteiger partial charge in [0.05, 0.1) is 11.7 Å². The lowest BCUT2D eigenvalue weighted by Gasteiger charge is -2.54. The number of ketones is 1. The van der Waals surface area contributed by atoms with Crippen LogP contribution in [0.5, 0.6) is 0 Å². The van der Waals surface area contributed by atoms with Crippen LogP contribution in [0, 0.1) is 23.2 Å². The Balaban J connectivity index is 2.27. The SMILES string of the molecule is CC1C(=O)CCC2(C)C(O)CC(C(C)(C)O)CC12. The fourth-order valence-electron chi connectivity index (χ4n) is 4.01. The second kappa shape index (κ2) is 4.31. The van der Waals surface area contributed by atoms with Crippen LogP contribution < -0.4 is 0 Å². The third-order valence-electron chi connectivity index (χ3n) is 5.68. The van der Waals surface area contributed by atoms with E-state index in [9.17, 15) is 15.0 Å². The molecule has 0 aliphatic heterocycles. The molecule has 18 heavy (non-hydrogen) atoms. The van der Waals surface area contributed by atoms with Gasteiger partial charge in [0, 0.05) is 12.3 Å². The van der Waals surface area contributed by atoms with Crippen LogP contribution in [0.3, 0.4) is 0 Å². The van der Waals surface area contributed by atoms with E-state index in [0.717, 1.165) is 12.8 Å². The number of carbonyl (C=O) groups excluding carboxylic acids is 1. The molecular weight excluding hydrogens is 228 g/mol. The molecule has 0 bridgehead atoms. The maximum Gasteiger partial charge on any atom is 0.136 e. The predicted octanol–water partition coefficient (Wildman–Crippen LogP) is 2.15. The topological polar surface area (TPSA) is 57.5 Å². The monoisotopic (exact) mass is 254 g/mol. The van der Waals surface area contributed by atoms with Gasteiger partial charge in [-0.25, -0.2) is 0 Å². The number of aliphatic hydroxyl groups is 2. The molecule has 0 spiro atoms. The molecule has 0 saturated heterocycles. The summed E-state index contributed by atoms with van der Waals surface area (Å²) in [6.45, 7) is 7.72. The van der Waals surface area contributed by atoms with Gasteiger partial charge in [-0.05, 0) is 50.4 Å². The molecule has 2 saturated carbocycles. The molecular formula is C15H26O3. The third-order valence-corrected chi connectivity index (χ3v) is 5.68. The maximum atomic E-state index is 11.9. The first-order chi connectivity index (χ1) is 8.16. The van der Waals surface area contributed by atoms with Gasteiger partial charge in [-0.2, -0.15) is 0 Å². The number of rotatable bonds is 1. The second-order valence-electron chi connectivity index (χ2n) is 7.21. The Hall–Kier alpha value is -0.410. The van der Waals surface area contributed by atoms with Crippen molar-refractivity contribution in [2.24, 2.45) is 23.2 Å². The summed E-state index contributed by atoms with van der Waals surface area (Å²) in [7, 11) is 0. The highest BCUT2D eigenvalue weighted by atomic mass is 16.3. The van der Waals surface area contributed by atoms with Gasteiger partial charge >= 0.3 is 0 Å². The molecule has 0 radical (unpaired) electrons. The van der Waals surface area contributed by atoms with Crippen molar-refractivity contribution in [3.05, 3.63) is 0 Å². The molecule has 2 N–H and O–H groups in total. The standard InChI is InChI=1S/C15H26O3/c1-9-11-7-10(14(2,3)18)8-13(17)15(11,4)6-5-12(9)16/h9-11,13,17-18H,5-8H2,1-4H3. The number of hydrogen-bond acceptors (Lipinski definition) is 3. The van der Waals surface area contributed by atoms with Crippen molar-refractivity contribution < 1.29 is 15.0 Å². The smallest absolute Gasteiger partial charge is 0.136 e. The summed E-state index contributed by atoms with van der Waals surface area (Å²) in [5.74, 6) is 0.627. The summed E-state index contributed by atoms with van der Waals surface area (Å²) < 4.78 is 0. The zero-order valence-electron chi connectivity index (χ0n) is 11.9. The van der Waals surface area contributed by atoms with Crippen LogP contribution >= 0.6 is 0 Å². The van der Waals surface area contributed by atoms with Gasteiger partial charge in [0.2, 0.25) is 0 Å². The summed E-state index contributed by atoms with van der Waals surface area (Å²) >= 11 is 0. The van der Waals surface area contributed by atoms with E-state index in [-0.39, 0.29) is 23.2 Å². The summed E-state index contributed by atoms with van der Waals surface area (Å²) in [5, 5.41) is 20.7. The largest absolute Gasteiger partial charge is 0.393 e. The van der Waals surface area contributed by atoms with Gasteiger partial charge < -0.3 is 10.2 Å². The first kappa shape index (κ1) is 14.0. The average Bonchev–Trinajstić information content (AvgIpc) is 2.25. The van der Waals surface area contributed by atoms with E-state index < -0.39 is 11.7 Å². The van der Waals surface area contributed by atoms with E-state index in [1.165, 1.54) is 0 Å². The lowest BCUT2D eigenvalue weighted by atomic mass is 9.52. The fraction of sp³-hybridized carbons (Fsp3) is 0.933.